The van der Waals surface area contributed by atoms with Crippen molar-refractivity contribution >= 4 is 12.0 Å². The van der Waals surface area contributed by atoms with E-state index in [2.05, 4.69) is 4.98 Å². The molecule has 1 N–H and O–H groups in total. The number of rotatable bonds is 3. The van der Waals surface area contributed by atoms with E-state index in [1.165, 1.54) is 0 Å². The third-order valence-corrected chi connectivity index (χ3v) is 3.93. The molecule has 1 saturated heterocycles. The number of carbonyl (C=O) groups is 2. The van der Waals surface area contributed by atoms with Crippen molar-refractivity contribution in [1.82, 2.24) is 14.8 Å². The normalized spacial score (nSPS) is 21.4. The van der Waals surface area contributed by atoms with E-state index < -0.39 is 11.4 Å². The molecule has 2 rings (SSSR count). The standard InChI is InChI=1S/C15H21N3O3/c1-11-5-4-6-12(16-11)9-17(3)14(21)18-8-7-15(2,10-18)13(19)20/h4-6H,7-10H2,1-3H3,(H,19,20). The zero-order chi connectivity index (χ0) is 15.6. The second-order valence-electron chi connectivity index (χ2n) is 5.95. The van der Waals surface area contributed by atoms with Crippen LogP contribution in [0, 0.1) is 12.3 Å². The molecule has 1 aromatic rings. The van der Waals surface area contributed by atoms with E-state index in [0.29, 0.717) is 19.5 Å². The maximum absolute atomic E-state index is 12.4. The van der Waals surface area contributed by atoms with Crippen LogP contribution in [0.2, 0.25) is 0 Å². The zero-order valence-electron chi connectivity index (χ0n) is 12.7. The molecule has 0 saturated carbocycles. The van der Waals surface area contributed by atoms with Gasteiger partial charge in [-0.2, -0.15) is 0 Å². The van der Waals surface area contributed by atoms with Gasteiger partial charge in [-0.1, -0.05) is 6.07 Å². The summed E-state index contributed by atoms with van der Waals surface area (Å²) in [5, 5.41) is 9.21. The van der Waals surface area contributed by atoms with Crippen LogP contribution in [0.3, 0.4) is 0 Å². The highest BCUT2D eigenvalue weighted by Crippen LogP contribution is 2.30. The number of aliphatic carboxylic acids is 1. The van der Waals surface area contributed by atoms with Crippen LogP contribution in [0.1, 0.15) is 24.7 Å². The lowest BCUT2D eigenvalue weighted by Gasteiger charge is -2.25. The average Bonchev–Trinajstić information content (AvgIpc) is 2.82. The molecule has 1 fully saturated rings. The number of pyridine rings is 1. The van der Waals surface area contributed by atoms with Crippen LogP contribution in [0.15, 0.2) is 18.2 Å². The summed E-state index contributed by atoms with van der Waals surface area (Å²) in [6.45, 7) is 4.75. The van der Waals surface area contributed by atoms with Crippen molar-refractivity contribution in [3.8, 4) is 0 Å². The van der Waals surface area contributed by atoms with E-state index in [-0.39, 0.29) is 12.6 Å². The number of nitrogens with zero attached hydrogens (tertiary/aromatic N) is 3. The Hall–Kier alpha value is -2.11. The lowest BCUT2D eigenvalue weighted by molar-refractivity contribution is -0.147. The number of hydrogen-bond donors (Lipinski definition) is 1. The van der Waals surface area contributed by atoms with Crippen molar-refractivity contribution in [3.63, 3.8) is 0 Å². The Morgan fingerprint density at radius 2 is 2.19 bits per heavy atom. The van der Waals surface area contributed by atoms with E-state index in [1.807, 2.05) is 25.1 Å². The predicted molar refractivity (Wildman–Crippen MR) is 77.8 cm³/mol. The summed E-state index contributed by atoms with van der Waals surface area (Å²) in [4.78, 5) is 31.2. The molecule has 1 atom stereocenters. The molecule has 2 heterocycles. The van der Waals surface area contributed by atoms with Gasteiger partial charge >= 0.3 is 12.0 Å². The SMILES string of the molecule is Cc1cccc(CN(C)C(=O)N2CCC(C)(C(=O)O)C2)n1. The first-order valence-corrected chi connectivity index (χ1v) is 6.98. The lowest BCUT2D eigenvalue weighted by atomic mass is 9.90. The Bertz CT molecular complexity index is 561. The monoisotopic (exact) mass is 291 g/mol. The van der Waals surface area contributed by atoms with Crippen molar-refractivity contribution in [2.24, 2.45) is 5.41 Å². The van der Waals surface area contributed by atoms with Crippen molar-refractivity contribution in [1.29, 1.82) is 0 Å². The molecule has 0 spiro atoms. The number of carboxylic acids is 1. The first-order valence-electron chi connectivity index (χ1n) is 6.98. The summed E-state index contributed by atoms with van der Waals surface area (Å²) < 4.78 is 0. The minimum absolute atomic E-state index is 0.150. The summed E-state index contributed by atoms with van der Waals surface area (Å²) in [6.07, 6.45) is 0.491. The van der Waals surface area contributed by atoms with Crippen LogP contribution in [0.25, 0.3) is 0 Å². The third kappa shape index (κ3) is 3.32. The maximum atomic E-state index is 12.4. The molecule has 1 aromatic heterocycles. The highest BCUT2D eigenvalue weighted by molar-refractivity contribution is 5.79. The Kier molecular flexibility index (Phi) is 4.16. The Morgan fingerprint density at radius 3 is 2.76 bits per heavy atom. The van der Waals surface area contributed by atoms with Gasteiger partial charge in [0.15, 0.2) is 0 Å². The Balaban J connectivity index is 1.99. The van der Waals surface area contributed by atoms with Crippen LogP contribution < -0.4 is 0 Å². The van der Waals surface area contributed by atoms with Crippen molar-refractivity contribution < 1.29 is 14.7 Å². The van der Waals surface area contributed by atoms with Crippen molar-refractivity contribution in [2.45, 2.75) is 26.8 Å². The topological polar surface area (TPSA) is 73.7 Å². The van der Waals surface area contributed by atoms with Gasteiger partial charge < -0.3 is 14.9 Å². The van der Waals surface area contributed by atoms with Gasteiger partial charge in [0.05, 0.1) is 17.7 Å². The van der Waals surface area contributed by atoms with E-state index in [4.69, 9.17) is 0 Å². The quantitative estimate of drug-likeness (QED) is 0.920. The first kappa shape index (κ1) is 15.3. The van der Waals surface area contributed by atoms with Crippen LogP contribution in [0.5, 0.6) is 0 Å². The zero-order valence-corrected chi connectivity index (χ0v) is 12.7. The number of carbonyl (C=O) groups excluding carboxylic acids is 1. The number of likely N-dealkylation sites (tertiary alicyclic amines) is 1. The smallest absolute Gasteiger partial charge is 0.320 e. The molecule has 21 heavy (non-hydrogen) atoms. The molecule has 1 unspecified atom stereocenters. The molecule has 1 aliphatic rings. The summed E-state index contributed by atoms with van der Waals surface area (Å²) in [7, 11) is 1.71. The summed E-state index contributed by atoms with van der Waals surface area (Å²) >= 11 is 0. The molecular weight excluding hydrogens is 270 g/mol. The molecule has 6 heteroatoms. The van der Waals surface area contributed by atoms with Gasteiger partial charge in [-0.25, -0.2) is 4.79 Å². The van der Waals surface area contributed by atoms with Gasteiger partial charge in [0.1, 0.15) is 0 Å². The van der Waals surface area contributed by atoms with Gasteiger partial charge in [0.2, 0.25) is 0 Å². The van der Waals surface area contributed by atoms with Gasteiger partial charge in [0, 0.05) is 25.8 Å². The molecule has 0 radical (unpaired) electrons. The van der Waals surface area contributed by atoms with E-state index in [1.54, 1.807) is 23.8 Å². The molecule has 0 bridgehead atoms. The van der Waals surface area contributed by atoms with Gasteiger partial charge in [0.25, 0.3) is 0 Å². The Labute approximate surface area is 124 Å². The molecule has 6 nitrogen and oxygen atoms in total. The van der Waals surface area contributed by atoms with Gasteiger partial charge in [-0.05, 0) is 32.4 Å². The molecular formula is C15H21N3O3. The van der Waals surface area contributed by atoms with Crippen LogP contribution >= 0.6 is 0 Å². The van der Waals surface area contributed by atoms with Gasteiger partial charge in [-0.3, -0.25) is 9.78 Å². The number of carboxylic acid groups (broad SMARTS) is 1. The average molecular weight is 291 g/mol. The molecule has 114 valence electrons. The lowest BCUT2D eigenvalue weighted by Crippen LogP contribution is -2.41. The second-order valence-corrected chi connectivity index (χ2v) is 5.95. The highest BCUT2D eigenvalue weighted by atomic mass is 16.4. The van der Waals surface area contributed by atoms with Crippen LogP contribution in [-0.4, -0.2) is 52.0 Å². The minimum Gasteiger partial charge on any atom is -0.481 e. The second kappa shape index (κ2) is 5.71. The van der Waals surface area contributed by atoms with Crippen LogP contribution in [0.4, 0.5) is 4.79 Å². The molecule has 0 aromatic carbocycles. The van der Waals surface area contributed by atoms with Crippen LogP contribution in [-0.2, 0) is 11.3 Å². The first-order chi connectivity index (χ1) is 9.82. The number of hydrogen-bond acceptors (Lipinski definition) is 3. The molecule has 1 aliphatic heterocycles. The summed E-state index contributed by atoms with van der Waals surface area (Å²) in [5.74, 6) is -0.846. The largest absolute Gasteiger partial charge is 0.481 e. The van der Waals surface area contributed by atoms with E-state index in [0.717, 1.165) is 11.4 Å². The van der Waals surface area contributed by atoms with Gasteiger partial charge in [-0.15, -0.1) is 0 Å². The number of urea groups is 1. The fourth-order valence-electron chi connectivity index (χ4n) is 2.54. The maximum Gasteiger partial charge on any atom is 0.320 e. The molecule has 2 amide bonds. The fraction of sp³-hybridized carbons (Fsp3) is 0.533. The van der Waals surface area contributed by atoms with E-state index in [9.17, 15) is 14.7 Å². The summed E-state index contributed by atoms with van der Waals surface area (Å²) in [6, 6.07) is 5.54. The third-order valence-electron chi connectivity index (χ3n) is 3.93. The molecule has 0 aliphatic carbocycles. The number of aromatic nitrogens is 1. The Morgan fingerprint density at radius 1 is 1.48 bits per heavy atom. The van der Waals surface area contributed by atoms with Crippen molar-refractivity contribution in [2.75, 3.05) is 20.1 Å². The number of amides is 2. The van der Waals surface area contributed by atoms with E-state index >= 15 is 0 Å². The predicted octanol–water partition coefficient (Wildman–Crippen LogP) is 1.74. The fourth-order valence-corrected chi connectivity index (χ4v) is 2.54. The number of aryl methyl sites for hydroxylation is 1. The summed E-state index contributed by atoms with van der Waals surface area (Å²) in [5.41, 5.74) is 0.900. The minimum atomic E-state index is -0.846. The van der Waals surface area contributed by atoms with Crippen molar-refractivity contribution in [3.05, 3.63) is 29.6 Å². The highest BCUT2D eigenvalue weighted by Gasteiger charge is 2.42.